The Morgan fingerprint density at radius 2 is 1.91 bits per heavy atom. The average Bonchev–Trinajstić information content (AvgIpc) is 2.63. The lowest BCUT2D eigenvalue weighted by Gasteiger charge is -2.23. The Morgan fingerprint density at radius 1 is 1.14 bits per heavy atom. The van der Waals surface area contributed by atoms with Gasteiger partial charge in [-0.05, 0) is 25.1 Å². The highest BCUT2D eigenvalue weighted by Crippen LogP contribution is 2.28. The second-order valence-electron chi connectivity index (χ2n) is 5.19. The number of imidazole rings is 1. The zero-order chi connectivity index (χ0) is 14.9. The van der Waals surface area contributed by atoms with Crippen molar-refractivity contribution in [3.63, 3.8) is 0 Å². The fourth-order valence-corrected chi connectivity index (χ4v) is 2.69. The molecule has 1 saturated heterocycles. The lowest BCUT2D eigenvalue weighted by atomic mass is 10.3. The molecule has 8 heteroatoms. The van der Waals surface area contributed by atoms with E-state index in [1.165, 1.54) is 4.57 Å². The van der Waals surface area contributed by atoms with Gasteiger partial charge in [0, 0.05) is 19.6 Å². The van der Waals surface area contributed by atoms with Crippen LogP contribution in [0.4, 0.5) is 19.1 Å². The molecule has 0 amide bonds. The van der Waals surface area contributed by atoms with Gasteiger partial charge in [0.1, 0.15) is 6.54 Å². The number of fused-ring (bicyclic) bond motifs is 1. The number of anilines is 1. The number of nitrogens with one attached hydrogen (secondary N) is 1. The highest BCUT2D eigenvalue weighted by molar-refractivity contribution is 14.0. The predicted octanol–water partition coefficient (Wildman–Crippen LogP) is 3.02. The summed E-state index contributed by atoms with van der Waals surface area (Å²) in [5, 5.41) is 3.25. The van der Waals surface area contributed by atoms with Crippen molar-refractivity contribution in [3.05, 3.63) is 24.3 Å². The first-order valence-corrected chi connectivity index (χ1v) is 7.02. The van der Waals surface area contributed by atoms with Gasteiger partial charge in [-0.15, -0.1) is 24.0 Å². The van der Waals surface area contributed by atoms with E-state index in [1.807, 2.05) is 4.90 Å². The maximum absolute atomic E-state index is 12.9. The van der Waals surface area contributed by atoms with Crippen LogP contribution in [0.2, 0.25) is 0 Å². The summed E-state index contributed by atoms with van der Waals surface area (Å²) in [5.41, 5.74) is 1.14. The van der Waals surface area contributed by atoms with Gasteiger partial charge < -0.3 is 14.8 Å². The molecule has 0 aliphatic carbocycles. The van der Waals surface area contributed by atoms with Crippen molar-refractivity contribution in [3.8, 4) is 0 Å². The molecule has 0 radical (unpaired) electrons. The van der Waals surface area contributed by atoms with Crippen LogP contribution in [0, 0.1) is 0 Å². The van der Waals surface area contributed by atoms with E-state index in [-0.39, 0.29) is 24.0 Å². The third-order valence-electron chi connectivity index (χ3n) is 3.59. The van der Waals surface area contributed by atoms with E-state index < -0.39 is 12.7 Å². The number of alkyl halides is 3. The summed E-state index contributed by atoms with van der Waals surface area (Å²) in [7, 11) is 0. The Balaban J connectivity index is 0.00000176. The second kappa shape index (κ2) is 7.03. The van der Waals surface area contributed by atoms with Crippen LogP contribution in [-0.4, -0.2) is 41.9 Å². The highest BCUT2D eigenvalue weighted by atomic mass is 127. The molecule has 0 saturated carbocycles. The average molecular weight is 426 g/mol. The zero-order valence-electron chi connectivity index (χ0n) is 11.9. The highest BCUT2D eigenvalue weighted by Gasteiger charge is 2.31. The van der Waals surface area contributed by atoms with Crippen LogP contribution >= 0.6 is 24.0 Å². The molecule has 22 heavy (non-hydrogen) atoms. The minimum Gasteiger partial charge on any atom is -0.341 e. The quantitative estimate of drug-likeness (QED) is 0.750. The molecule has 0 bridgehead atoms. The van der Waals surface area contributed by atoms with E-state index in [1.54, 1.807) is 24.3 Å². The van der Waals surface area contributed by atoms with Gasteiger partial charge in [0.15, 0.2) is 0 Å². The van der Waals surface area contributed by atoms with Gasteiger partial charge in [-0.1, -0.05) is 12.1 Å². The summed E-state index contributed by atoms with van der Waals surface area (Å²) in [5.74, 6) is 0.414. The van der Waals surface area contributed by atoms with Crippen molar-refractivity contribution in [2.45, 2.75) is 19.1 Å². The summed E-state index contributed by atoms with van der Waals surface area (Å²) in [6.07, 6.45) is -3.36. The van der Waals surface area contributed by atoms with Gasteiger partial charge >= 0.3 is 6.18 Å². The molecule has 1 aliphatic rings. The monoisotopic (exact) mass is 426 g/mol. The van der Waals surface area contributed by atoms with E-state index >= 15 is 0 Å². The van der Waals surface area contributed by atoms with Crippen LogP contribution in [0.1, 0.15) is 6.42 Å². The van der Waals surface area contributed by atoms with E-state index in [2.05, 4.69) is 10.3 Å². The molecule has 122 valence electrons. The van der Waals surface area contributed by atoms with E-state index in [9.17, 15) is 13.2 Å². The van der Waals surface area contributed by atoms with E-state index in [4.69, 9.17) is 0 Å². The standard InChI is InChI=1S/C14H17F3N4.HI/c15-14(16,17)10-21-12-5-2-1-4-11(12)19-13(21)20-8-3-6-18-7-9-20;/h1-2,4-5,18H,3,6-10H2;1H. The summed E-state index contributed by atoms with van der Waals surface area (Å²) in [6.45, 7) is 2.02. The number of nitrogens with zero attached hydrogens (tertiary/aromatic N) is 3. The van der Waals surface area contributed by atoms with Gasteiger partial charge in [-0.2, -0.15) is 13.2 Å². The number of hydrogen-bond acceptors (Lipinski definition) is 3. The number of halogens is 4. The van der Waals surface area contributed by atoms with Gasteiger partial charge in [-0.25, -0.2) is 4.98 Å². The van der Waals surface area contributed by atoms with Crippen LogP contribution in [0.25, 0.3) is 11.0 Å². The van der Waals surface area contributed by atoms with E-state index in [0.29, 0.717) is 30.1 Å². The van der Waals surface area contributed by atoms with Crippen LogP contribution in [-0.2, 0) is 6.54 Å². The SMILES string of the molecule is FC(F)(F)Cn1c(N2CCCNCC2)nc2ccccc21.I. The zero-order valence-corrected chi connectivity index (χ0v) is 14.3. The second-order valence-corrected chi connectivity index (χ2v) is 5.19. The minimum atomic E-state index is -4.26. The number of aromatic nitrogens is 2. The van der Waals surface area contributed by atoms with Crippen molar-refractivity contribution in [1.29, 1.82) is 0 Å². The Hall–Kier alpha value is -1.03. The number of benzene rings is 1. The molecule has 0 spiro atoms. The molecule has 2 heterocycles. The van der Waals surface area contributed by atoms with Gasteiger partial charge in [0.25, 0.3) is 0 Å². The van der Waals surface area contributed by atoms with Crippen molar-refractivity contribution in [2.24, 2.45) is 0 Å². The molecule has 1 aliphatic heterocycles. The normalized spacial score (nSPS) is 16.4. The lowest BCUT2D eigenvalue weighted by Crippen LogP contribution is -2.31. The Morgan fingerprint density at radius 3 is 2.68 bits per heavy atom. The molecular formula is C14H18F3IN4. The maximum atomic E-state index is 12.9. The molecule has 0 unspecified atom stereocenters. The van der Waals surface area contributed by atoms with Crippen molar-refractivity contribution >= 4 is 41.0 Å². The molecule has 3 rings (SSSR count). The minimum absolute atomic E-state index is 0. The molecule has 1 N–H and O–H groups in total. The van der Waals surface area contributed by atoms with Crippen LogP contribution in [0.15, 0.2) is 24.3 Å². The molecule has 1 aromatic carbocycles. The van der Waals surface area contributed by atoms with Crippen LogP contribution in [0.5, 0.6) is 0 Å². The third-order valence-corrected chi connectivity index (χ3v) is 3.59. The molecular weight excluding hydrogens is 408 g/mol. The largest absolute Gasteiger partial charge is 0.406 e. The Bertz CT molecular complexity index is 618. The predicted molar refractivity (Wildman–Crippen MR) is 90.9 cm³/mol. The van der Waals surface area contributed by atoms with E-state index in [0.717, 1.165) is 19.5 Å². The lowest BCUT2D eigenvalue weighted by molar-refractivity contribution is -0.139. The Labute approximate surface area is 143 Å². The van der Waals surface area contributed by atoms with Crippen molar-refractivity contribution < 1.29 is 13.2 Å². The summed E-state index contributed by atoms with van der Waals surface area (Å²) in [4.78, 5) is 6.36. The number of hydrogen-bond donors (Lipinski definition) is 1. The summed E-state index contributed by atoms with van der Waals surface area (Å²) in [6, 6.07) is 6.97. The molecule has 4 nitrogen and oxygen atoms in total. The smallest absolute Gasteiger partial charge is 0.341 e. The number of rotatable bonds is 2. The van der Waals surface area contributed by atoms with Gasteiger partial charge in [-0.3, -0.25) is 0 Å². The van der Waals surface area contributed by atoms with Gasteiger partial charge in [0.05, 0.1) is 11.0 Å². The maximum Gasteiger partial charge on any atom is 0.406 e. The fraction of sp³-hybridized carbons (Fsp3) is 0.500. The van der Waals surface area contributed by atoms with Crippen LogP contribution < -0.4 is 10.2 Å². The first-order chi connectivity index (χ1) is 10.0. The van der Waals surface area contributed by atoms with Gasteiger partial charge in [0.2, 0.25) is 5.95 Å². The fourth-order valence-electron chi connectivity index (χ4n) is 2.69. The topological polar surface area (TPSA) is 33.1 Å². The summed E-state index contributed by atoms with van der Waals surface area (Å²) >= 11 is 0. The number of para-hydroxylation sites is 2. The van der Waals surface area contributed by atoms with Crippen molar-refractivity contribution in [1.82, 2.24) is 14.9 Å². The summed E-state index contributed by atoms with van der Waals surface area (Å²) < 4.78 is 40.0. The first-order valence-electron chi connectivity index (χ1n) is 7.02. The van der Waals surface area contributed by atoms with Crippen LogP contribution in [0.3, 0.4) is 0 Å². The molecule has 1 fully saturated rings. The molecule has 0 atom stereocenters. The third kappa shape index (κ3) is 3.83. The first kappa shape index (κ1) is 17.3. The molecule has 1 aromatic heterocycles. The Kier molecular flexibility index (Phi) is 5.54. The molecule has 2 aromatic rings. The van der Waals surface area contributed by atoms with Crippen molar-refractivity contribution in [2.75, 3.05) is 31.1 Å².